The number of esters is 1. The molecule has 5 nitrogen and oxygen atoms in total. The molecule has 0 radical (unpaired) electrons. The SMILES string of the molecule is COCCOCCOCCOC(=O)c1cccc(C#Cc2cccc(C#Cc3cccc(C#Cc4cccc(C#C[Si](C)(C)C)c4)c3)c2)c1. The standard InChI is InChI=1S/C43H40O5Si/c1-45-24-25-46-26-27-47-28-29-48-43(44)42-16-8-15-40(34-42)22-21-38-12-6-11-36(32-38)18-17-35-9-5-10-37(31-35)19-20-39-13-7-14-41(33-39)23-30-49(2,3)4/h5-16,31-34H,24-29H2,1-4H3. The largest absolute Gasteiger partial charge is 0.460 e. The van der Waals surface area contributed by atoms with Crippen molar-refractivity contribution in [3.63, 3.8) is 0 Å². The summed E-state index contributed by atoms with van der Waals surface area (Å²) in [5.41, 5.74) is 9.90. The van der Waals surface area contributed by atoms with Crippen molar-refractivity contribution in [3.8, 4) is 47.0 Å². The van der Waals surface area contributed by atoms with E-state index >= 15 is 0 Å². The van der Waals surface area contributed by atoms with Crippen LogP contribution >= 0.6 is 0 Å². The quantitative estimate of drug-likeness (QED) is 0.0795. The third kappa shape index (κ3) is 14.1. The molecule has 0 heterocycles. The molecule has 0 spiro atoms. The van der Waals surface area contributed by atoms with E-state index < -0.39 is 14.0 Å². The van der Waals surface area contributed by atoms with Crippen LogP contribution in [0.2, 0.25) is 19.6 Å². The van der Waals surface area contributed by atoms with Gasteiger partial charge in [-0.05, 0) is 72.8 Å². The highest BCUT2D eigenvalue weighted by Crippen LogP contribution is 2.10. The Morgan fingerprint density at radius 1 is 0.510 bits per heavy atom. The first kappa shape index (κ1) is 36.5. The van der Waals surface area contributed by atoms with Crippen molar-refractivity contribution in [2.45, 2.75) is 19.6 Å². The maximum absolute atomic E-state index is 12.5. The molecule has 246 valence electrons. The zero-order valence-corrected chi connectivity index (χ0v) is 29.5. The lowest BCUT2D eigenvalue weighted by molar-refractivity contribution is 0.00570. The van der Waals surface area contributed by atoms with Gasteiger partial charge in [-0.1, -0.05) is 85.3 Å². The lowest BCUT2D eigenvalue weighted by atomic mass is 10.1. The molecule has 4 aromatic rings. The van der Waals surface area contributed by atoms with E-state index in [1.54, 1.807) is 25.3 Å². The maximum atomic E-state index is 12.5. The predicted octanol–water partition coefficient (Wildman–Crippen LogP) is 6.95. The van der Waals surface area contributed by atoms with E-state index in [9.17, 15) is 4.79 Å². The summed E-state index contributed by atoms with van der Waals surface area (Å²) >= 11 is 0. The summed E-state index contributed by atoms with van der Waals surface area (Å²) in [7, 11) is 0.182. The average molecular weight is 665 g/mol. The molecule has 0 fully saturated rings. The summed E-state index contributed by atoms with van der Waals surface area (Å²) in [5, 5.41) is 0. The molecule has 0 aliphatic rings. The molecule has 0 unspecified atom stereocenters. The van der Waals surface area contributed by atoms with Crippen molar-refractivity contribution in [3.05, 3.63) is 142 Å². The van der Waals surface area contributed by atoms with Crippen LogP contribution < -0.4 is 0 Å². The molecular formula is C43H40O5Si. The number of hydrogen-bond acceptors (Lipinski definition) is 5. The third-order valence-corrected chi connectivity index (χ3v) is 7.46. The van der Waals surface area contributed by atoms with Crippen LogP contribution in [0, 0.1) is 47.0 Å². The lowest BCUT2D eigenvalue weighted by Crippen LogP contribution is -2.16. The summed E-state index contributed by atoms with van der Waals surface area (Å²) < 4.78 is 21.0. The van der Waals surface area contributed by atoms with E-state index in [1.807, 2.05) is 78.9 Å². The topological polar surface area (TPSA) is 54.0 Å². The summed E-state index contributed by atoms with van der Waals surface area (Å²) in [5.74, 6) is 22.2. The van der Waals surface area contributed by atoms with Crippen molar-refractivity contribution in [2.75, 3.05) is 46.8 Å². The minimum atomic E-state index is -1.44. The van der Waals surface area contributed by atoms with Gasteiger partial charge in [0.1, 0.15) is 14.7 Å². The van der Waals surface area contributed by atoms with Gasteiger partial charge in [-0.3, -0.25) is 0 Å². The fourth-order valence-electron chi connectivity index (χ4n) is 4.18. The zero-order valence-electron chi connectivity index (χ0n) is 28.5. The first-order valence-electron chi connectivity index (χ1n) is 16.1. The molecular weight excluding hydrogens is 625 g/mol. The molecule has 0 aliphatic carbocycles. The second-order valence-corrected chi connectivity index (χ2v) is 16.7. The van der Waals surface area contributed by atoms with E-state index in [1.165, 1.54) is 0 Å². The monoisotopic (exact) mass is 664 g/mol. The average Bonchev–Trinajstić information content (AvgIpc) is 3.11. The second kappa shape index (κ2) is 19.5. The van der Waals surface area contributed by atoms with Gasteiger partial charge in [-0.25, -0.2) is 4.79 Å². The maximum Gasteiger partial charge on any atom is 0.338 e. The van der Waals surface area contributed by atoms with Crippen LogP contribution in [-0.2, 0) is 18.9 Å². The molecule has 0 amide bonds. The molecule has 6 heteroatoms. The van der Waals surface area contributed by atoms with Crippen molar-refractivity contribution in [1.29, 1.82) is 0 Å². The van der Waals surface area contributed by atoms with Crippen LogP contribution in [0.4, 0.5) is 0 Å². The van der Waals surface area contributed by atoms with Gasteiger partial charge in [0.15, 0.2) is 0 Å². The number of carbonyl (C=O) groups is 1. The van der Waals surface area contributed by atoms with Crippen LogP contribution in [0.15, 0.2) is 97.1 Å². The Morgan fingerprint density at radius 3 is 1.31 bits per heavy atom. The van der Waals surface area contributed by atoms with E-state index in [4.69, 9.17) is 18.9 Å². The lowest BCUT2D eigenvalue weighted by Gasteiger charge is -2.07. The van der Waals surface area contributed by atoms with E-state index in [0.717, 1.165) is 33.4 Å². The molecule has 0 saturated heterocycles. The van der Waals surface area contributed by atoms with Gasteiger partial charge in [0.05, 0.1) is 38.6 Å². The van der Waals surface area contributed by atoms with Crippen molar-refractivity contribution in [2.24, 2.45) is 0 Å². The molecule has 0 N–H and O–H groups in total. The number of rotatable bonds is 10. The van der Waals surface area contributed by atoms with Gasteiger partial charge >= 0.3 is 5.97 Å². The Hall–Kier alpha value is -5.31. The van der Waals surface area contributed by atoms with Gasteiger partial charge in [-0.15, -0.1) is 5.54 Å². The molecule has 0 aromatic heterocycles. The molecule has 49 heavy (non-hydrogen) atoms. The van der Waals surface area contributed by atoms with E-state index in [2.05, 4.69) is 66.6 Å². The Labute approximate surface area is 292 Å². The Kier molecular flexibility index (Phi) is 14.5. The Balaban J connectivity index is 1.34. The molecule has 0 atom stereocenters. The molecule has 0 saturated carbocycles. The highest BCUT2D eigenvalue weighted by Gasteiger charge is 2.08. The highest BCUT2D eigenvalue weighted by atomic mass is 28.3. The minimum absolute atomic E-state index is 0.155. The number of methoxy groups -OCH3 is 1. The number of hydrogen-bond donors (Lipinski definition) is 0. The third-order valence-electron chi connectivity index (χ3n) is 6.59. The summed E-state index contributed by atoms with van der Waals surface area (Å²) in [4.78, 5) is 12.5. The van der Waals surface area contributed by atoms with Crippen molar-refractivity contribution in [1.82, 2.24) is 0 Å². The Morgan fingerprint density at radius 2 is 0.878 bits per heavy atom. The number of carbonyl (C=O) groups excluding carboxylic acids is 1. The van der Waals surface area contributed by atoms with Crippen LogP contribution in [0.25, 0.3) is 0 Å². The summed E-state index contributed by atoms with van der Waals surface area (Å²) in [6.45, 7) is 9.10. The van der Waals surface area contributed by atoms with Gasteiger partial charge in [0, 0.05) is 46.1 Å². The van der Waals surface area contributed by atoms with Gasteiger partial charge in [0.25, 0.3) is 0 Å². The van der Waals surface area contributed by atoms with E-state index in [-0.39, 0.29) is 6.61 Å². The fraction of sp³-hybridized carbons (Fsp3) is 0.233. The summed E-state index contributed by atoms with van der Waals surface area (Å²) in [6, 6.07) is 30.8. The summed E-state index contributed by atoms with van der Waals surface area (Å²) in [6.07, 6.45) is 0. The van der Waals surface area contributed by atoms with Gasteiger partial charge in [-0.2, -0.15) is 0 Å². The van der Waals surface area contributed by atoms with E-state index in [0.29, 0.717) is 44.2 Å². The van der Waals surface area contributed by atoms with Crippen molar-refractivity contribution >= 4 is 14.0 Å². The second-order valence-electron chi connectivity index (χ2n) is 11.9. The number of ether oxygens (including phenoxy) is 4. The first-order valence-corrected chi connectivity index (χ1v) is 19.6. The van der Waals surface area contributed by atoms with Crippen LogP contribution in [0.5, 0.6) is 0 Å². The molecule has 0 aliphatic heterocycles. The first-order chi connectivity index (χ1) is 23.8. The molecule has 4 rings (SSSR count). The fourth-order valence-corrected chi connectivity index (χ4v) is 4.70. The van der Waals surface area contributed by atoms with Gasteiger partial charge in [0.2, 0.25) is 0 Å². The van der Waals surface area contributed by atoms with Gasteiger partial charge < -0.3 is 18.9 Å². The molecule has 0 bridgehead atoms. The normalized spacial score (nSPS) is 10.2. The predicted molar refractivity (Wildman–Crippen MR) is 198 cm³/mol. The smallest absolute Gasteiger partial charge is 0.338 e. The van der Waals surface area contributed by atoms with Crippen LogP contribution in [0.3, 0.4) is 0 Å². The van der Waals surface area contributed by atoms with Crippen molar-refractivity contribution < 1.29 is 23.7 Å². The minimum Gasteiger partial charge on any atom is -0.460 e. The van der Waals surface area contributed by atoms with Crippen LogP contribution in [0.1, 0.15) is 49.3 Å². The molecule has 4 aromatic carbocycles. The number of benzene rings is 4. The Bertz CT molecular complexity index is 1980. The van der Waals surface area contributed by atoms with Crippen LogP contribution in [-0.4, -0.2) is 60.8 Å². The zero-order chi connectivity index (χ0) is 34.7. The highest BCUT2D eigenvalue weighted by molar-refractivity contribution is 6.83.